The maximum absolute atomic E-state index is 12.2. The molecule has 1 amide bonds. The van der Waals surface area contributed by atoms with Crippen LogP contribution in [0.4, 0.5) is 11.4 Å². The van der Waals surface area contributed by atoms with Crippen LogP contribution in [-0.2, 0) is 4.79 Å². The summed E-state index contributed by atoms with van der Waals surface area (Å²) in [6, 6.07) is 8.30. The van der Waals surface area contributed by atoms with E-state index in [1.54, 1.807) is 0 Å². The molecule has 112 valence electrons. The van der Waals surface area contributed by atoms with Gasteiger partial charge in [0.25, 0.3) is 0 Å². The highest BCUT2D eigenvalue weighted by Gasteiger charge is 2.47. The smallest absolute Gasteiger partial charge is 0.227 e. The van der Waals surface area contributed by atoms with Crippen molar-refractivity contribution < 1.29 is 4.79 Å². The average molecular weight is 285 g/mol. The van der Waals surface area contributed by atoms with Crippen LogP contribution < -0.4 is 15.5 Å². The summed E-state index contributed by atoms with van der Waals surface area (Å²) in [6.07, 6.45) is 3.58. The monoisotopic (exact) mass is 285 g/mol. The van der Waals surface area contributed by atoms with Crippen molar-refractivity contribution in [3.05, 3.63) is 24.3 Å². The first-order valence-electron chi connectivity index (χ1n) is 8.16. The van der Waals surface area contributed by atoms with Crippen molar-refractivity contribution in [2.45, 2.75) is 19.3 Å². The second-order valence-electron chi connectivity index (χ2n) is 6.70. The molecule has 2 N–H and O–H groups in total. The van der Waals surface area contributed by atoms with Crippen molar-refractivity contribution in [1.82, 2.24) is 5.32 Å². The van der Waals surface area contributed by atoms with Crippen LogP contribution in [0.2, 0.25) is 0 Å². The van der Waals surface area contributed by atoms with Crippen molar-refractivity contribution in [3.8, 4) is 0 Å². The summed E-state index contributed by atoms with van der Waals surface area (Å²) in [5.74, 6) is 2.19. The van der Waals surface area contributed by atoms with Gasteiger partial charge >= 0.3 is 0 Å². The topological polar surface area (TPSA) is 44.4 Å². The molecule has 2 aliphatic carbocycles. The maximum Gasteiger partial charge on any atom is 0.227 e. The molecule has 4 nitrogen and oxygen atoms in total. The van der Waals surface area contributed by atoms with Gasteiger partial charge in [-0.15, -0.1) is 0 Å². The van der Waals surface area contributed by atoms with Crippen molar-refractivity contribution in [2.75, 3.05) is 36.4 Å². The van der Waals surface area contributed by atoms with E-state index in [9.17, 15) is 4.79 Å². The fourth-order valence-corrected chi connectivity index (χ4v) is 3.85. The third-order valence-electron chi connectivity index (χ3n) is 5.23. The lowest BCUT2D eigenvalue weighted by atomic mass is 10.0. The number of fused-ring (bicyclic) bond motifs is 1. The van der Waals surface area contributed by atoms with Crippen LogP contribution in [0.5, 0.6) is 0 Å². The van der Waals surface area contributed by atoms with E-state index < -0.39 is 0 Å². The van der Waals surface area contributed by atoms with Gasteiger partial charge in [-0.05, 0) is 55.4 Å². The lowest BCUT2D eigenvalue weighted by Crippen LogP contribution is -2.43. The van der Waals surface area contributed by atoms with Crippen LogP contribution in [-0.4, -0.2) is 32.1 Å². The molecule has 1 aliphatic heterocycles. The highest BCUT2D eigenvalue weighted by atomic mass is 16.1. The number of nitrogens with one attached hydrogen (secondary N) is 2. The van der Waals surface area contributed by atoms with E-state index in [1.807, 2.05) is 12.1 Å². The molecular formula is C17H23N3O. The molecule has 0 spiro atoms. The summed E-state index contributed by atoms with van der Waals surface area (Å²) in [5, 5.41) is 6.45. The Bertz CT molecular complexity index is 511. The number of carbonyl (C=O) groups excluding carboxylic acids is 1. The molecule has 21 heavy (non-hydrogen) atoms. The minimum Gasteiger partial charge on any atom is -0.369 e. The van der Waals surface area contributed by atoms with Crippen LogP contribution in [0.1, 0.15) is 19.3 Å². The van der Waals surface area contributed by atoms with E-state index in [4.69, 9.17) is 0 Å². The normalized spacial score (nSPS) is 30.9. The summed E-state index contributed by atoms with van der Waals surface area (Å²) in [4.78, 5) is 14.6. The van der Waals surface area contributed by atoms with Crippen LogP contribution >= 0.6 is 0 Å². The van der Waals surface area contributed by atoms with Gasteiger partial charge in [0, 0.05) is 43.5 Å². The average Bonchev–Trinajstić information content (AvgIpc) is 3.15. The molecule has 4 rings (SSSR count). The Labute approximate surface area is 125 Å². The fourth-order valence-electron chi connectivity index (χ4n) is 3.85. The summed E-state index contributed by atoms with van der Waals surface area (Å²) >= 11 is 0. The zero-order valence-corrected chi connectivity index (χ0v) is 12.3. The summed E-state index contributed by atoms with van der Waals surface area (Å²) < 4.78 is 0. The lowest BCUT2D eigenvalue weighted by molar-refractivity contribution is -0.120. The minimum absolute atomic E-state index is 0.220. The molecule has 3 fully saturated rings. The Morgan fingerprint density at radius 2 is 1.71 bits per heavy atom. The number of hydrogen-bond acceptors (Lipinski definition) is 3. The van der Waals surface area contributed by atoms with Gasteiger partial charge in [-0.2, -0.15) is 0 Å². The molecule has 0 radical (unpaired) electrons. The lowest BCUT2D eigenvalue weighted by Gasteiger charge is -2.29. The van der Waals surface area contributed by atoms with Crippen LogP contribution in [0.15, 0.2) is 24.3 Å². The Morgan fingerprint density at radius 3 is 2.38 bits per heavy atom. The van der Waals surface area contributed by atoms with Gasteiger partial charge in [0.05, 0.1) is 0 Å². The van der Waals surface area contributed by atoms with Crippen LogP contribution in [0.25, 0.3) is 0 Å². The molecule has 4 heteroatoms. The van der Waals surface area contributed by atoms with Crippen LogP contribution in [0.3, 0.4) is 0 Å². The molecule has 0 bridgehead atoms. The van der Waals surface area contributed by atoms with E-state index in [2.05, 4.69) is 27.7 Å². The summed E-state index contributed by atoms with van der Waals surface area (Å²) in [6.45, 7) is 4.19. The van der Waals surface area contributed by atoms with Crippen molar-refractivity contribution in [1.29, 1.82) is 0 Å². The number of benzene rings is 1. The quantitative estimate of drug-likeness (QED) is 0.894. The fraction of sp³-hybridized carbons (Fsp3) is 0.588. The Balaban J connectivity index is 1.36. The van der Waals surface area contributed by atoms with E-state index in [0.29, 0.717) is 0 Å². The first-order chi connectivity index (χ1) is 10.3. The largest absolute Gasteiger partial charge is 0.369 e. The molecule has 1 heterocycles. The van der Waals surface area contributed by atoms with Crippen molar-refractivity contribution in [2.24, 2.45) is 17.8 Å². The van der Waals surface area contributed by atoms with Crippen molar-refractivity contribution in [3.63, 3.8) is 0 Å². The molecule has 1 aromatic carbocycles. The molecular weight excluding hydrogens is 262 g/mol. The number of nitrogens with zero attached hydrogens (tertiary/aromatic N) is 1. The SMILES string of the molecule is O=C(Nc1ccc(N2CCNCC2)cc1)C1CC2CC2C1. The number of carbonyl (C=O) groups is 1. The first-order valence-corrected chi connectivity index (χ1v) is 8.16. The van der Waals surface area contributed by atoms with E-state index >= 15 is 0 Å². The van der Waals surface area contributed by atoms with Crippen molar-refractivity contribution >= 4 is 17.3 Å². The van der Waals surface area contributed by atoms with E-state index in [-0.39, 0.29) is 11.8 Å². The number of piperazine rings is 1. The molecule has 2 atom stereocenters. The Kier molecular flexibility index (Phi) is 3.34. The first kappa shape index (κ1) is 13.1. The minimum atomic E-state index is 0.220. The second-order valence-corrected chi connectivity index (χ2v) is 6.70. The molecule has 3 aliphatic rings. The Hall–Kier alpha value is -1.55. The number of anilines is 2. The number of rotatable bonds is 3. The molecule has 1 saturated heterocycles. The third-order valence-corrected chi connectivity index (χ3v) is 5.23. The summed E-state index contributed by atoms with van der Waals surface area (Å²) in [7, 11) is 0. The summed E-state index contributed by atoms with van der Waals surface area (Å²) in [5.41, 5.74) is 2.18. The number of hydrogen-bond donors (Lipinski definition) is 2. The molecule has 2 saturated carbocycles. The van der Waals surface area contributed by atoms with Gasteiger partial charge in [0.2, 0.25) is 5.91 Å². The predicted octanol–water partition coefficient (Wildman–Crippen LogP) is 2.08. The highest BCUT2D eigenvalue weighted by molar-refractivity contribution is 5.93. The van der Waals surface area contributed by atoms with E-state index in [1.165, 1.54) is 12.1 Å². The van der Waals surface area contributed by atoms with E-state index in [0.717, 1.165) is 56.5 Å². The van der Waals surface area contributed by atoms with Gasteiger partial charge in [-0.3, -0.25) is 4.79 Å². The zero-order chi connectivity index (χ0) is 14.2. The Morgan fingerprint density at radius 1 is 1.05 bits per heavy atom. The second kappa shape index (κ2) is 5.34. The zero-order valence-electron chi connectivity index (χ0n) is 12.3. The van der Waals surface area contributed by atoms with Gasteiger partial charge < -0.3 is 15.5 Å². The maximum atomic E-state index is 12.2. The van der Waals surface area contributed by atoms with Gasteiger partial charge in [-0.25, -0.2) is 0 Å². The predicted molar refractivity (Wildman–Crippen MR) is 84.5 cm³/mol. The molecule has 0 aromatic heterocycles. The molecule has 1 aromatic rings. The number of amides is 1. The standard InChI is InChI=1S/C17H23N3O/c21-17(14-10-12-9-13(12)11-14)19-15-1-3-16(4-2-15)20-7-5-18-6-8-20/h1-4,12-14,18H,5-11H2,(H,19,21). The highest BCUT2D eigenvalue weighted by Crippen LogP contribution is 2.54. The van der Waals surface area contributed by atoms with Gasteiger partial charge in [-0.1, -0.05) is 0 Å². The van der Waals surface area contributed by atoms with Gasteiger partial charge in [0.15, 0.2) is 0 Å². The molecule has 2 unspecified atom stereocenters. The van der Waals surface area contributed by atoms with Gasteiger partial charge in [0.1, 0.15) is 0 Å². The third kappa shape index (κ3) is 2.77. The van der Waals surface area contributed by atoms with Crippen LogP contribution in [0, 0.1) is 17.8 Å².